The first kappa shape index (κ1) is 20.6. The predicted octanol–water partition coefficient (Wildman–Crippen LogP) is 4.65. The van der Waals surface area contributed by atoms with E-state index in [9.17, 15) is 9.59 Å². The molecule has 0 fully saturated rings. The fourth-order valence-corrected chi connectivity index (χ4v) is 4.75. The van der Waals surface area contributed by atoms with Crippen LogP contribution in [0.2, 0.25) is 0 Å². The Balaban J connectivity index is 1.83. The zero-order chi connectivity index (χ0) is 19.9. The molecule has 4 nitrogen and oxygen atoms in total. The predicted molar refractivity (Wildman–Crippen MR) is 114 cm³/mol. The summed E-state index contributed by atoms with van der Waals surface area (Å²) in [7, 11) is 0. The molecule has 2 heterocycles. The molecule has 0 radical (unpaired) electrons. The van der Waals surface area contributed by atoms with Gasteiger partial charge in [-0.3, -0.25) is 9.59 Å². The van der Waals surface area contributed by atoms with Crippen LogP contribution in [0.25, 0.3) is 0 Å². The van der Waals surface area contributed by atoms with E-state index in [1.807, 2.05) is 30.0 Å². The molecule has 1 atom stereocenters. The number of unbranched alkanes of at least 4 members (excludes halogenated alkanes) is 1. The first-order valence-electron chi connectivity index (χ1n) is 10.3. The highest BCUT2D eigenvalue weighted by Crippen LogP contribution is 2.37. The van der Waals surface area contributed by atoms with Gasteiger partial charge in [-0.05, 0) is 41.8 Å². The van der Waals surface area contributed by atoms with Gasteiger partial charge in [0, 0.05) is 24.4 Å². The smallest absolute Gasteiger partial charge is 0.242 e. The molecule has 1 aromatic carbocycles. The van der Waals surface area contributed by atoms with Gasteiger partial charge in [0.1, 0.15) is 0 Å². The third-order valence-corrected chi connectivity index (χ3v) is 6.32. The molecule has 2 aromatic rings. The van der Waals surface area contributed by atoms with Crippen molar-refractivity contribution in [3.8, 4) is 0 Å². The second kappa shape index (κ2) is 9.87. The standard InChI is InChI=1S/C23H30N2O2S/c1-3-5-14-24(21(26)9-4-2)17-22(27)25-15-12-20-19(13-16-28-20)23(25)18-10-7-6-8-11-18/h6-8,10-11,13,16,23H,3-5,9,12,14-15,17H2,1-2H3/t23-/m0/s1. The van der Waals surface area contributed by atoms with E-state index in [0.717, 1.165) is 31.2 Å². The lowest BCUT2D eigenvalue weighted by Gasteiger charge is -2.37. The fraction of sp³-hybridized carbons (Fsp3) is 0.478. The maximum Gasteiger partial charge on any atom is 0.242 e. The summed E-state index contributed by atoms with van der Waals surface area (Å²) >= 11 is 1.77. The van der Waals surface area contributed by atoms with Gasteiger partial charge < -0.3 is 9.80 Å². The molecule has 0 N–H and O–H groups in total. The largest absolute Gasteiger partial charge is 0.333 e. The Morgan fingerprint density at radius 1 is 1.14 bits per heavy atom. The summed E-state index contributed by atoms with van der Waals surface area (Å²) in [6, 6.07) is 12.3. The number of benzene rings is 1. The SMILES string of the molecule is CCCCN(CC(=O)N1CCc2sccc2[C@@H]1c1ccccc1)C(=O)CCC. The molecule has 1 aromatic heterocycles. The van der Waals surface area contributed by atoms with Gasteiger partial charge in [-0.1, -0.05) is 50.6 Å². The van der Waals surface area contributed by atoms with Gasteiger partial charge in [0.25, 0.3) is 0 Å². The highest BCUT2D eigenvalue weighted by atomic mass is 32.1. The second-order valence-electron chi connectivity index (χ2n) is 7.37. The van der Waals surface area contributed by atoms with E-state index in [1.165, 1.54) is 10.4 Å². The first-order valence-corrected chi connectivity index (χ1v) is 11.2. The molecule has 28 heavy (non-hydrogen) atoms. The van der Waals surface area contributed by atoms with E-state index in [1.54, 1.807) is 16.2 Å². The number of thiophene rings is 1. The van der Waals surface area contributed by atoms with Gasteiger partial charge in [0.15, 0.2) is 0 Å². The Bertz CT molecular complexity index is 787. The highest BCUT2D eigenvalue weighted by Gasteiger charge is 2.33. The molecular formula is C23H30N2O2S. The van der Waals surface area contributed by atoms with Crippen molar-refractivity contribution in [2.24, 2.45) is 0 Å². The molecule has 0 spiro atoms. The summed E-state index contributed by atoms with van der Waals surface area (Å²) in [6.07, 6.45) is 4.15. The minimum atomic E-state index is -0.0574. The summed E-state index contributed by atoms with van der Waals surface area (Å²) in [6.45, 7) is 5.66. The minimum absolute atomic E-state index is 0.0475. The minimum Gasteiger partial charge on any atom is -0.333 e. The van der Waals surface area contributed by atoms with Gasteiger partial charge in [-0.25, -0.2) is 0 Å². The Morgan fingerprint density at radius 3 is 2.64 bits per heavy atom. The van der Waals surface area contributed by atoms with Gasteiger partial charge in [-0.2, -0.15) is 0 Å². The maximum absolute atomic E-state index is 13.3. The number of carbonyl (C=O) groups is 2. The highest BCUT2D eigenvalue weighted by molar-refractivity contribution is 7.10. The van der Waals surface area contributed by atoms with Crippen molar-refractivity contribution >= 4 is 23.2 Å². The maximum atomic E-state index is 13.3. The van der Waals surface area contributed by atoms with E-state index in [-0.39, 0.29) is 24.4 Å². The van der Waals surface area contributed by atoms with Crippen LogP contribution in [0.3, 0.4) is 0 Å². The van der Waals surface area contributed by atoms with Crippen LogP contribution in [0.4, 0.5) is 0 Å². The van der Waals surface area contributed by atoms with Crippen molar-refractivity contribution in [3.63, 3.8) is 0 Å². The Hall–Kier alpha value is -2.14. The molecular weight excluding hydrogens is 368 g/mol. The number of fused-ring (bicyclic) bond motifs is 1. The number of carbonyl (C=O) groups excluding carboxylic acids is 2. The van der Waals surface area contributed by atoms with Crippen LogP contribution in [0.1, 0.15) is 61.6 Å². The van der Waals surface area contributed by atoms with Crippen molar-refractivity contribution in [3.05, 3.63) is 57.8 Å². The van der Waals surface area contributed by atoms with E-state index in [2.05, 4.69) is 30.5 Å². The average molecular weight is 399 g/mol. The van der Waals surface area contributed by atoms with Gasteiger partial charge in [0.2, 0.25) is 11.8 Å². The van der Waals surface area contributed by atoms with Crippen LogP contribution in [-0.4, -0.2) is 41.2 Å². The molecule has 0 saturated carbocycles. The zero-order valence-corrected chi connectivity index (χ0v) is 17.7. The Labute approximate surface area is 172 Å². The molecule has 3 rings (SSSR count). The van der Waals surface area contributed by atoms with Crippen molar-refractivity contribution in [2.75, 3.05) is 19.6 Å². The molecule has 150 valence electrons. The number of amides is 2. The molecule has 0 saturated heterocycles. The molecule has 1 aliphatic rings. The third-order valence-electron chi connectivity index (χ3n) is 5.33. The summed E-state index contributed by atoms with van der Waals surface area (Å²) in [5.74, 6) is 0.139. The fourth-order valence-electron chi connectivity index (χ4n) is 3.85. The summed E-state index contributed by atoms with van der Waals surface area (Å²) in [5, 5.41) is 2.12. The van der Waals surface area contributed by atoms with Crippen molar-refractivity contribution in [1.29, 1.82) is 0 Å². The monoisotopic (exact) mass is 398 g/mol. The molecule has 0 aliphatic carbocycles. The topological polar surface area (TPSA) is 40.6 Å². The van der Waals surface area contributed by atoms with Crippen molar-refractivity contribution < 1.29 is 9.59 Å². The third kappa shape index (κ3) is 4.64. The van der Waals surface area contributed by atoms with Gasteiger partial charge in [0.05, 0.1) is 12.6 Å². The van der Waals surface area contributed by atoms with Gasteiger partial charge in [-0.15, -0.1) is 11.3 Å². The summed E-state index contributed by atoms with van der Waals surface area (Å²) < 4.78 is 0. The quantitative estimate of drug-likeness (QED) is 0.649. The van der Waals surface area contributed by atoms with Crippen LogP contribution in [0, 0.1) is 0 Å². The lowest BCUT2D eigenvalue weighted by atomic mass is 9.93. The van der Waals surface area contributed by atoms with Crippen molar-refractivity contribution in [2.45, 2.75) is 52.0 Å². The number of hydrogen-bond donors (Lipinski definition) is 0. The summed E-state index contributed by atoms with van der Waals surface area (Å²) in [5.41, 5.74) is 2.37. The molecule has 0 unspecified atom stereocenters. The lowest BCUT2D eigenvalue weighted by molar-refractivity contribution is -0.141. The van der Waals surface area contributed by atoms with Crippen LogP contribution in [-0.2, 0) is 16.0 Å². The number of hydrogen-bond acceptors (Lipinski definition) is 3. The lowest BCUT2D eigenvalue weighted by Crippen LogP contribution is -2.47. The number of rotatable bonds is 8. The molecule has 5 heteroatoms. The van der Waals surface area contributed by atoms with Gasteiger partial charge >= 0.3 is 0 Å². The molecule has 1 aliphatic heterocycles. The van der Waals surface area contributed by atoms with Crippen LogP contribution in [0.5, 0.6) is 0 Å². The molecule has 0 bridgehead atoms. The van der Waals surface area contributed by atoms with E-state index in [0.29, 0.717) is 19.5 Å². The van der Waals surface area contributed by atoms with Crippen molar-refractivity contribution in [1.82, 2.24) is 9.80 Å². The zero-order valence-electron chi connectivity index (χ0n) is 16.9. The first-order chi connectivity index (χ1) is 13.7. The van der Waals surface area contributed by atoms with Crippen LogP contribution in [0.15, 0.2) is 41.8 Å². The summed E-state index contributed by atoms with van der Waals surface area (Å²) in [4.78, 5) is 31.0. The Kier molecular flexibility index (Phi) is 7.26. The van der Waals surface area contributed by atoms with E-state index < -0.39 is 0 Å². The second-order valence-corrected chi connectivity index (χ2v) is 8.37. The Morgan fingerprint density at radius 2 is 1.93 bits per heavy atom. The van der Waals surface area contributed by atoms with E-state index >= 15 is 0 Å². The van der Waals surface area contributed by atoms with E-state index in [4.69, 9.17) is 0 Å². The van der Waals surface area contributed by atoms with Crippen LogP contribution >= 0.6 is 11.3 Å². The number of nitrogens with zero attached hydrogens (tertiary/aromatic N) is 2. The molecule has 2 amide bonds. The normalized spacial score (nSPS) is 15.9. The average Bonchev–Trinajstić information content (AvgIpc) is 3.19. The van der Waals surface area contributed by atoms with Crippen LogP contribution < -0.4 is 0 Å².